The molecule has 1 saturated carbocycles. The fraction of sp³-hybridized carbons (Fsp3) is 0.185. The van der Waals surface area contributed by atoms with Crippen LogP contribution in [0.25, 0.3) is 11.3 Å². The number of phenols is 1. The molecule has 1 fully saturated rings. The number of hydrogen-bond acceptors (Lipinski definition) is 5. The first kappa shape index (κ1) is 24.8. The molecule has 0 aliphatic heterocycles. The normalized spacial score (nSPS) is 13.1. The van der Waals surface area contributed by atoms with Crippen molar-refractivity contribution in [2.45, 2.75) is 31.7 Å². The van der Waals surface area contributed by atoms with Crippen molar-refractivity contribution in [1.82, 2.24) is 20.1 Å². The lowest BCUT2D eigenvalue weighted by molar-refractivity contribution is 0.102. The highest BCUT2D eigenvalue weighted by Crippen LogP contribution is 2.39. The Balaban J connectivity index is 1.40. The number of pyridine rings is 1. The third-order valence-corrected chi connectivity index (χ3v) is 7.09. The summed E-state index contributed by atoms with van der Waals surface area (Å²) < 4.78 is 1.36. The van der Waals surface area contributed by atoms with Crippen molar-refractivity contribution in [3.63, 3.8) is 0 Å². The third kappa shape index (κ3) is 5.45. The van der Waals surface area contributed by atoms with Gasteiger partial charge in [-0.1, -0.05) is 35.7 Å². The SMILES string of the molecule is O=C(Nc1ccc(O)c(-c2cc(C3CCC3)n(C(=O)NCc3ccc(Cl)c(Cl)c3)n2)c1)c1ccncc1. The van der Waals surface area contributed by atoms with Crippen LogP contribution in [0.2, 0.25) is 10.0 Å². The molecule has 0 spiro atoms. The number of benzene rings is 2. The maximum atomic E-state index is 13.1. The number of amides is 2. The Labute approximate surface area is 223 Å². The van der Waals surface area contributed by atoms with Crippen LogP contribution in [0.1, 0.15) is 46.8 Å². The Morgan fingerprint density at radius 3 is 2.49 bits per heavy atom. The quantitative estimate of drug-likeness (QED) is 0.253. The van der Waals surface area contributed by atoms with Crippen LogP contribution in [0.15, 0.2) is 67.0 Å². The molecule has 0 radical (unpaired) electrons. The molecule has 188 valence electrons. The van der Waals surface area contributed by atoms with Crippen molar-refractivity contribution in [3.8, 4) is 17.0 Å². The lowest BCUT2D eigenvalue weighted by atomic mass is 9.82. The molecular formula is C27H23Cl2N5O3. The highest BCUT2D eigenvalue weighted by Gasteiger charge is 2.27. The Bertz CT molecular complexity index is 1470. The minimum atomic E-state index is -0.388. The molecule has 3 N–H and O–H groups in total. The molecule has 4 aromatic rings. The minimum Gasteiger partial charge on any atom is -0.507 e. The summed E-state index contributed by atoms with van der Waals surface area (Å²) in [6.45, 7) is 0.247. The second kappa shape index (κ2) is 10.6. The monoisotopic (exact) mass is 535 g/mol. The third-order valence-electron chi connectivity index (χ3n) is 6.35. The van der Waals surface area contributed by atoms with Gasteiger partial charge in [-0.3, -0.25) is 9.78 Å². The van der Waals surface area contributed by atoms with Gasteiger partial charge in [-0.05, 0) is 66.9 Å². The summed E-state index contributed by atoms with van der Waals surface area (Å²) in [7, 11) is 0. The first-order chi connectivity index (χ1) is 17.9. The number of phenolic OH excluding ortho intramolecular Hbond substituents is 1. The Hall–Kier alpha value is -3.88. The van der Waals surface area contributed by atoms with E-state index in [9.17, 15) is 14.7 Å². The molecule has 10 heteroatoms. The van der Waals surface area contributed by atoms with Gasteiger partial charge < -0.3 is 15.7 Å². The molecular weight excluding hydrogens is 513 g/mol. The summed E-state index contributed by atoms with van der Waals surface area (Å²) >= 11 is 12.1. The number of carbonyl (C=O) groups excluding carboxylic acids is 2. The van der Waals surface area contributed by atoms with Crippen LogP contribution < -0.4 is 10.6 Å². The zero-order valence-electron chi connectivity index (χ0n) is 19.6. The van der Waals surface area contributed by atoms with Crippen molar-refractivity contribution < 1.29 is 14.7 Å². The average Bonchev–Trinajstić information content (AvgIpc) is 3.29. The van der Waals surface area contributed by atoms with Gasteiger partial charge in [0.1, 0.15) is 5.75 Å². The number of anilines is 1. The van der Waals surface area contributed by atoms with Gasteiger partial charge in [-0.2, -0.15) is 9.78 Å². The average molecular weight is 536 g/mol. The minimum absolute atomic E-state index is 0.0112. The fourth-order valence-corrected chi connectivity index (χ4v) is 4.43. The first-order valence-corrected chi connectivity index (χ1v) is 12.5. The van der Waals surface area contributed by atoms with Crippen molar-refractivity contribution in [3.05, 3.63) is 93.9 Å². The Morgan fingerprint density at radius 2 is 1.78 bits per heavy atom. The van der Waals surface area contributed by atoms with E-state index in [-0.39, 0.29) is 30.2 Å². The second-order valence-electron chi connectivity index (χ2n) is 8.82. The van der Waals surface area contributed by atoms with E-state index in [1.165, 1.54) is 10.7 Å². The largest absolute Gasteiger partial charge is 0.507 e. The number of nitrogens with zero attached hydrogens (tertiary/aromatic N) is 3. The number of hydrogen-bond donors (Lipinski definition) is 3. The summed E-state index contributed by atoms with van der Waals surface area (Å²) in [5.74, 6) is -0.113. The number of rotatable bonds is 6. The van der Waals surface area contributed by atoms with Crippen molar-refractivity contribution in [2.75, 3.05) is 5.32 Å². The van der Waals surface area contributed by atoms with Gasteiger partial charge in [0.15, 0.2) is 0 Å². The lowest BCUT2D eigenvalue weighted by Crippen LogP contribution is -2.31. The van der Waals surface area contributed by atoms with Crippen LogP contribution in [-0.2, 0) is 6.54 Å². The zero-order chi connectivity index (χ0) is 25.9. The highest BCUT2D eigenvalue weighted by atomic mass is 35.5. The molecule has 2 heterocycles. The van der Waals surface area contributed by atoms with Crippen molar-refractivity contribution in [2.24, 2.45) is 0 Å². The summed E-state index contributed by atoms with van der Waals surface area (Å²) in [6, 6.07) is 14.6. The Morgan fingerprint density at radius 1 is 1.00 bits per heavy atom. The van der Waals surface area contributed by atoms with E-state index in [0.717, 1.165) is 30.5 Å². The first-order valence-electron chi connectivity index (χ1n) is 11.8. The van der Waals surface area contributed by atoms with E-state index in [2.05, 4.69) is 20.7 Å². The van der Waals surface area contributed by atoms with E-state index >= 15 is 0 Å². The topological polar surface area (TPSA) is 109 Å². The number of aromatic hydroxyl groups is 1. The molecule has 0 bridgehead atoms. The second-order valence-corrected chi connectivity index (χ2v) is 9.64. The van der Waals surface area contributed by atoms with Crippen LogP contribution in [0, 0.1) is 0 Å². The van der Waals surface area contributed by atoms with Crippen LogP contribution >= 0.6 is 23.2 Å². The molecule has 0 unspecified atom stereocenters. The standard InChI is InChI=1S/C27H23Cl2N5O3/c28-21-6-4-16(12-22(21)29)15-31-27(37)34-24(17-2-1-3-17)14-23(33-34)20-13-19(5-7-25(20)35)32-26(36)18-8-10-30-11-9-18/h4-14,17,35H,1-3,15H2,(H,31,37)(H,32,36). The van der Waals surface area contributed by atoms with E-state index < -0.39 is 0 Å². The van der Waals surface area contributed by atoms with Gasteiger partial charge >= 0.3 is 6.03 Å². The predicted molar refractivity (Wildman–Crippen MR) is 142 cm³/mol. The number of aromatic nitrogens is 3. The maximum absolute atomic E-state index is 13.1. The summed E-state index contributed by atoms with van der Waals surface area (Å²) in [6.07, 6.45) is 6.08. The summed E-state index contributed by atoms with van der Waals surface area (Å²) in [5, 5.41) is 21.7. The summed E-state index contributed by atoms with van der Waals surface area (Å²) in [5.41, 5.74) is 3.36. The van der Waals surface area contributed by atoms with Gasteiger partial charge in [0.25, 0.3) is 5.91 Å². The predicted octanol–water partition coefficient (Wildman–Crippen LogP) is 6.24. The molecule has 2 aromatic carbocycles. The Kier molecular flexibility index (Phi) is 7.12. The molecule has 2 aromatic heterocycles. The molecule has 5 rings (SSSR count). The van der Waals surface area contributed by atoms with E-state index in [4.69, 9.17) is 23.2 Å². The fourth-order valence-electron chi connectivity index (χ4n) is 4.11. The van der Waals surface area contributed by atoms with Crippen LogP contribution in [0.4, 0.5) is 10.5 Å². The highest BCUT2D eigenvalue weighted by molar-refractivity contribution is 6.42. The van der Waals surface area contributed by atoms with Crippen molar-refractivity contribution >= 4 is 40.8 Å². The molecule has 1 aliphatic rings. The van der Waals surface area contributed by atoms with Gasteiger partial charge in [0.05, 0.1) is 21.4 Å². The number of carbonyl (C=O) groups is 2. The summed E-state index contributed by atoms with van der Waals surface area (Å²) in [4.78, 5) is 29.6. The maximum Gasteiger partial charge on any atom is 0.342 e. The molecule has 37 heavy (non-hydrogen) atoms. The molecule has 8 nitrogen and oxygen atoms in total. The molecule has 2 amide bonds. The molecule has 0 atom stereocenters. The van der Waals surface area contributed by atoms with Crippen LogP contribution in [0.3, 0.4) is 0 Å². The van der Waals surface area contributed by atoms with Gasteiger partial charge in [0, 0.05) is 41.7 Å². The van der Waals surface area contributed by atoms with E-state index in [1.54, 1.807) is 54.9 Å². The van der Waals surface area contributed by atoms with E-state index in [0.29, 0.717) is 32.6 Å². The molecule has 0 saturated heterocycles. The van der Waals surface area contributed by atoms with E-state index in [1.807, 2.05) is 6.07 Å². The zero-order valence-corrected chi connectivity index (χ0v) is 21.1. The lowest BCUT2D eigenvalue weighted by Gasteiger charge is -2.25. The smallest absolute Gasteiger partial charge is 0.342 e. The van der Waals surface area contributed by atoms with Gasteiger partial charge in [-0.15, -0.1) is 0 Å². The number of nitrogens with one attached hydrogen (secondary N) is 2. The van der Waals surface area contributed by atoms with Crippen molar-refractivity contribution in [1.29, 1.82) is 0 Å². The van der Waals surface area contributed by atoms with Gasteiger partial charge in [0.2, 0.25) is 0 Å². The van der Waals surface area contributed by atoms with Gasteiger partial charge in [-0.25, -0.2) is 4.79 Å². The van der Waals surface area contributed by atoms with Crippen LogP contribution in [-0.4, -0.2) is 31.8 Å². The number of halogens is 2. The molecule has 1 aliphatic carbocycles. The van der Waals surface area contributed by atoms with Crippen LogP contribution in [0.5, 0.6) is 5.75 Å².